The Kier molecular flexibility index (Phi) is 6.97. The topological polar surface area (TPSA) is 93.3 Å². The quantitative estimate of drug-likeness (QED) is 0.376. The smallest absolute Gasteiger partial charge is 0.251 e. The molecule has 1 N–H and O–H groups in total. The molecule has 0 fully saturated rings. The first-order valence-electron chi connectivity index (χ1n) is 12.2. The minimum atomic E-state index is -1.01. The number of hydrogen-bond donors (Lipinski definition) is 1. The van der Waals surface area contributed by atoms with Gasteiger partial charge in [-0.25, -0.2) is 4.68 Å². The van der Waals surface area contributed by atoms with Crippen molar-refractivity contribution in [2.75, 3.05) is 4.90 Å². The van der Waals surface area contributed by atoms with Gasteiger partial charge < -0.3 is 9.73 Å². The second-order valence-corrected chi connectivity index (χ2v) is 9.87. The van der Waals surface area contributed by atoms with Crippen LogP contribution in [0, 0.1) is 20.8 Å². The van der Waals surface area contributed by atoms with E-state index >= 15 is 0 Å². The highest BCUT2D eigenvalue weighted by molar-refractivity contribution is 6.02. The van der Waals surface area contributed by atoms with Crippen molar-refractivity contribution in [1.82, 2.24) is 20.3 Å². The predicted molar refractivity (Wildman–Crippen MR) is 140 cm³/mol. The van der Waals surface area contributed by atoms with E-state index in [0.717, 1.165) is 23.1 Å². The molecule has 188 valence electrons. The van der Waals surface area contributed by atoms with Gasteiger partial charge in [0.15, 0.2) is 6.04 Å². The number of nitrogens with one attached hydrogen (secondary N) is 1. The molecule has 0 aliphatic carbocycles. The Bertz CT molecular complexity index is 1400. The Balaban J connectivity index is 1.83. The molecule has 8 nitrogen and oxygen atoms in total. The zero-order valence-electron chi connectivity index (χ0n) is 21.7. The molecule has 0 spiro atoms. The maximum Gasteiger partial charge on any atom is 0.251 e. The van der Waals surface area contributed by atoms with Crippen molar-refractivity contribution in [3.63, 3.8) is 0 Å². The van der Waals surface area contributed by atoms with E-state index in [1.54, 1.807) is 16.8 Å². The number of nitrogens with zero attached hydrogens (tertiary/aromatic N) is 4. The molecule has 0 saturated carbocycles. The number of benzene rings is 2. The number of aryl methyl sites for hydroxylation is 3. The molecule has 8 heteroatoms. The van der Waals surface area contributed by atoms with Crippen LogP contribution in [0.1, 0.15) is 55.9 Å². The summed E-state index contributed by atoms with van der Waals surface area (Å²) in [6.07, 6.45) is 0.727. The van der Waals surface area contributed by atoms with Crippen molar-refractivity contribution in [3.05, 3.63) is 77.2 Å². The minimum absolute atomic E-state index is 0.0888. The number of amides is 2. The highest BCUT2D eigenvalue weighted by Gasteiger charge is 2.37. The molecule has 0 aliphatic heterocycles. The van der Waals surface area contributed by atoms with Crippen LogP contribution in [0.15, 0.2) is 59.0 Å². The third kappa shape index (κ3) is 5.17. The number of aromatic nitrogens is 3. The molecule has 2 aromatic heterocycles. The fourth-order valence-corrected chi connectivity index (χ4v) is 4.20. The summed E-state index contributed by atoms with van der Waals surface area (Å²) >= 11 is 0. The van der Waals surface area contributed by atoms with E-state index in [-0.39, 0.29) is 18.4 Å². The normalized spacial score (nSPS) is 12.5. The molecule has 2 amide bonds. The van der Waals surface area contributed by atoms with E-state index in [4.69, 9.17) is 4.42 Å². The Morgan fingerprint density at radius 1 is 1.08 bits per heavy atom. The average molecular weight is 488 g/mol. The molecule has 0 radical (unpaired) electrons. The molecule has 2 aromatic carbocycles. The Labute approximate surface area is 211 Å². The highest BCUT2D eigenvalue weighted by Crippen LogP contribution is 2.33. The lowest BCUT2D eigenvalue weighted by Crippen LogP contribution is -2.51. The molecule has 4 aromatic rings. The summed E-state index contributed by atoms with van der Waals surface area (Å²) in [5.41, 5.74) is 3.56. The van der Waals surface area contributed by atoms with Crippen LogP contribution >= 0.6 is 0 Å². The van der Waals surface area contributed by atoms with Gasteiger partial charge in [0.1, 0.15) is 23.6 Å². The van der Waals surface area contributed by atoms with Crippen molar-refractivity contribution < 1.29 is 14.0 Å². The molecule has 0 aliphatic rings. The van der Waals surface area contributed by atoms with Gasteiger partial charge >= 0.3 is 0 Å². The summed E-state index contributed by atoms with van der Waals surface area (Å²) < 4.78 is 7.51. The lowest BCUT2D eigenvalue weighted by molar-refractivity contribution is -0.128. The van der Waals surface area contributed by atoms with Gasteiger partial charge in [-0.15, -0.1) is 5.10 Å². The molecule has 0 saturated heterocycles. The number of fused-ring (bicyclic) bond motifs is 1. The molecular weight excluding hydrogens is 454 g/mol. The first kappa shape index (κ1) is 25.2. The predicted octanol–water partition coefficient (Wildman–Crippen LogP) is 5.03. The van der Waals surface area contributed by atoms with Gasteiger partial charge in [0, 0.05) is 11.2 Å². The zero-order valence-corrected chi connectivity index (χ0v) is 21.7. The van der Waals surface area contributed by atoms with E-state index in [2.05, 4.69) is 15.6 Å². The number of anilines is 1. The van der Waals surface area contributed by atoms with Crippen LogP contribution in [0.25, 0.3) is 11.0 Å². The van der Waals surface area contributed by atoms with Crippen LogP contribution in [0.3, 0.4) is 0 Å². The van der Waals surface area contributed by atoms with Gasteiger partial charge in [0.25, 0.3) is 5.91 Å². The number of hydrogen-bond acceptors (Lipinski definition) is 5. The average Bonchev–Trinajstić information content (AvgIpc) is 3.43. The second kappa shape index (κ2) is 9.97. The van der Waals surface area contributed by atoms with Crippen LogP contribution in [-0.4, -0.2) is 32.3 Å². The van der Waals surface area contributed by atoms with Crippen molar-refractivity contribution in [2.24, 2.45) is 0 Å². The molecule has 4 rings (SSSR count). The lowest BCUT2D eigenvalue weighted by Gasteiger charge is -2.34. The third-order valence-corrected chi connectivity index (χ3v) is 6.47. The molecule has 36 heavy (non-hydrogen) atoms. The van der Waals surface area contributed by atoms with Crippen LogP contribution in [-0.2, 0) is 16.1 Å². The monoisotopic (exact) mass is 487 g/mol. The summed E-state index contributed by atoms with van der Waals surface area (Å²) in [7, 11) is 0. The Morgan fingerprint density at radius 3 is 2.50 bits per heavy atom. The van der Waals surface area contributed by atoms with Crippen molar-refractivity contribution in [1.29, 1.82) is 0 Å². The number of rotatable bonds is 8. The Morgan fingerprint density at radius 2 is 1.83 bits per heavy atom. The van der Waals surface area contributed by atoms with Crippen LogP contribution in [0.4, 0.5) is 5.69 Å². The van der Waals surface area contributed by atoms with Gasteiger partial charge in [0.2, 0.25) is 5.91 Å². The van der Waals surface area contributed by atoms with Crippen molar-refractivity contribution >= 4 is 28.5 Å². The van der Waals surface area contributed by atoms with Crippen LogP contribution in [0.5, 0.6) is 0 Å². The zero-order chi connectivity index (χ0) is 26.0. The van der Waals surface area contributed by atoms with E-state index in [9.17, 15) is 9.59 Å². The van der Waals surface area contributed by atoms with Gasteiger partial charge in [-0.3, -0.25) is 14.5 Å². The SMILES string of the molecule is CCC(C)(C)NC(=O)[C@@H](c1ccc(C)o1)N(C(=O)Cn1nnc2ccccc21)c1ccc(C)cc1C. The van der Waals surface area contributed by atoms with Gasteiger partial charge in [-0.1, -0.05) is 42.0 Å². The van der Waals surface area contributed by atoms with Crippen LogP contribution in [0.2, 0.25) is 0 Å². The molecule has 0 unspecified atom stereocenters. The largest absolute Gasteiger partial charge is 0.464 e. The number of carbonyl (C=O) groups is 2. The lowest BCUT2D eigenvalue weighted by atomic mass is 10.00. The molecule has 1 atom stereocenters. The van der Waals surface area contributed by atoms with E-state index in [1.807, 2.05) is 84.0 Å². The van der Waals surface area contributed by atoms with Crippen LogP contribution < -0.4 is 10.2 Å². The second-order valence-electron chi connectivity index (χ2n) is 9.87. The molecule has 2 heterocycles. The maximum absolute atomic E-state index is 14.1. The summed E-state index contributed by atoms with van der Waals surface area (Å²) in [6, 6.07) is 15.8. The van der Waals surface area contributed by atoms with E-state index in [0.29, 0.717) is 22.7 Å². The number of carbonyl (C=O) groups excluding carboxylic acids is 2. The first-order valence-corrected chi connectivity index (χ1v) is 12.2. The number of furan rings is 1. The minimum Gasteiger partial charge on any atom is -0.464 e. The summed E-state index contributed by atoms with van der Waals surface area (Å²) in [5, 5.41) is 11.5. The summed E-state index contributed by atoms with van der Waals surface area (Å²) in [6.45, 7) is 11.6. The third-order valence-electron chi connectivity index (χ3n) is 6.47. The standard InChI is InChI=1S/C28H33N5O3/c1-7-28(5,6)29-27(35)26(24-15-13-20(4)36-24)33(22-14-12-18(2)16-19(22)3)25(34)17-32-23-11-9-8-10-21(23)30-31-32/h8-16,26H,7,17H2,1-6H3,(H,29,35)/t26-/m1/s1. The van der Waals surface area contributed by atoms with E-state index in [1.165, 1.54) is 4.90 Å². The fraction of sp³-hybridized carbons (Fsp3) is 0.357. The summed E-state index contributed by atoms with van der Waals surface area (Å²) in [5.74, 6) is 0.440. The first-order chi connectivity index (χ1) is 17.1. The molecular formula is C28H33N5O3. The van der Waals surface area contributed by atoms with E-state index < -0.39 is 11.6 Å². The molecule has 0 bridgehead atoms. The van der Waals surface area contributed by atoms with Gasteiger partial charge in [-0.2, -0.15) is 0 Å². The van der Waals surface area contributed by atoms with Crippen molar-refractivity contribution in [3.8, 4) is 0 Å². The van der Waals surface area contributed by atoms with Gasteiger partial charge in [-0.05, 0) is 76.9 Å². The maximum atomic E-state index is 14.1. The van der Waals surface area contributed by atoms with Crippen molar-refractivity contribution in [2.45, 2.75) is 66.1 Å². The fourth-order valence-electron chi connectivity index (χ4n) is 4.20. The number of para-hydroxylation sites is 1. The highest BCUT2D eigenvalue weighted by atomic mass is 16.3. The van der Waals surface area contributed by atoms with Gasteiger partial charge in [0.05, 0.1) is 5.52 Å². The summed E-state index contributed by atoms with van der Waals surface area (Å²) in [4.78, 5) is 29.4. The Hall–Kier alpha value is -3.94.